The Morgan fingerprint density at radius 1 is 1.47 bits per heavy atom. The molecule has 0 aromatic heterocycles. The van der Waals surface area contributed by atoms with Crippen LogP contribution in [-0.2, 0) is 9.59 Å². The molecule has 1 atom stereocenters. The fraction of sp³-hybridized carbons (Fsp3) is 0.429. The number of nitrogens with zero attached hydrogens (tertiary/aromatic N) is 1. The van der Waals surface area contributed by atoms with Crippen LogP contribution in [0.1, 0.15) is 18.4 Å². The predicted octanol–water partition coefficient (Wildman–Crippen LogP) is 1.83. The monoisotopic (exact) mass is 263 g/mol. The lowest BCUT2D eigenvalue weighted by molar-refractivity contribution is -0.142. The smallest absolute Gasteiger partial charge is 0.308 e. The van der Waals surface area contributed by atoms with Gasteiger partial charge in [-0.2, -0.15) is 0 Å². The van der Waals surface area contributed by atoms with E-state index in [1.54, 1.807) is 24.1 Å². The summed E-state index contributed by atoms with van der Waals surface area (Å²) in [6.07, 6.45) is 0.697. The van der Waals surface area contributed by atoms with Crippen LogP contribution in [0.5, 0.6) is 5.75 Å². The van der Waals surface area contributed by atoms with Crippen LogP contribution in [0.4, 0.5) is 5.69 Å². The molecular formula is C14H17NO4. The normalized spacial score (nSPS) is 19.4. The van der Waals surface area contributed by atoms with Crippen LogP contribution >= 0.6 is 0 Å². The maximum atomic E-state index is 12.0. The van der Waals surface area contributed by atoms with Crippen molar-refractivity contribution in [2.75, 3.05) is 18.6 Å². The number of rotatable bonds is 3. The van der Waals surface area contributed by atoms with Gasteiger partial charge < -0.3 is 14.7 Å². The second-order valence-electron chi connectivity index (χ2n) is 4.73. The third kappa shape index (κ3) is 2.70. The molecule has 1 heterocycles. The van der Waals surface area contributed by atoms with Crippen molar-refractivity contribution >= 4 is 17.6 Å². The second-order valence-corrected chi connectivity index (χ2v) is 4.73. The van der Waals surface area contributed by atoms with Crippen LogP contribution in [0.3, 0.4) is 0 Å². The number of carboxylic acids is 1. The average Bonchev–Trinajstić information content (AvgIpc) is 2.39. The lowest BCUT2D eigenvalue weighted by Crippen LogP contribution is -2.43. The van der Waals surface area contributed by atoms with E-state index in [1.807, 2.05) is 13.0 Å². The highest BCUT2D eigenvalue weighted by atomic mass is 16.5. The Balaban J connectivity index is 2.28. The highest BCUT2D eigenvalue weighted by molar-refractivity contribution is 5.96. The van der Waals surface area contributed by atoms with Gasteiger partial charge in [-0.15, -0.1) is 0 Å². The molecule has 19 heavy (non-hydrogen) atoms. The van der Waals surface area contributed by atoms with Gasteiger partial charge in [-0.1, -0.05) is 0 Å². The summed E-state index contributed by atoms with van der Waals surface area (Å²) >= 11 is 0. The van der Waals surface area contributed by atoms with Crippen molar-refractivity contribution in [2.24, 2.45) is 5.92 Å². The van der Waals surface area contributed by atoms with Crippen LogP contribution in [0, 0.1) is 12.8 Å². The van der Waals surface area contributed by atoms with E-state index in [-0.39, 0.29) is 18.9 Å². The molecule has 1 N–H and O–H groups in total. The highest BCUT2D eigenvalue weighted by Crippen LogP contribution is 2.29. The summed E-state index contributed by atoms with van der Waals surface area (Å²) in [6, 6.07) is 5.42. The van der Waals surface area contributed by atoms with Gasteiger partial charge in [0.15, 0.2) is 0 Å². The Morgan fingerprint density at radius 2 is 2.21 bits per heavy atom. The summed E-state index contributed by atoms with van der Waals surface area (Å²) in [5.74, 6) is -0.630. The van der Waals surface area contributed by atoms with Gasteiger partial charge >= 0.3 is 5.97 Å². The minimum Gasteiger partial charge on any atom is -0.497 e. The third-order valence-corrected chi connectivity index (χ3v) is 3.45. The number of ether oxygens (including phenoxy) is 1. The van der Waals surface area contributed by atoms with Gasteiger partial charge in [0.2, 0.25) is 5.91 Å². The number of aryl methyl sites for hydroxylation is 1. The first kappa shape index (κ1) is 13.4. The minimum atomic E-state index is -0.844. The van der Waals surface area contributed by atoms with Crippen LogP contribution in [0.2, 0.25) is 0 Å². The van der Waals surface area contributed by atoms with E-state index in [4.69, 9.17) is 9.84 Å². The molecule has 1 aromatic rings. The zero-order valence-electron chi connectivity index (χ0n) is 11.0. The van der Waals surface area contributed by atoms with E-state index in [0.717, 1.165) is 17.0 Å². The van der Waals surface area contributed by atoms with Crippen LogP contribution in [-0.4, -0.2) is 30.6 Å². The number of carbonyl (C=O) groups excluding carboxylic acids is 1. The molecule has 102 valence electrons. The molecule has 5 nitrogen and oxygen atoms in total. The number of carboxylic acid groups (broad SMARTS) is 1. The van der Waals surface area contributed by atoms with Crippen molar-refractivity contribution in [1.82, 2.24) is 0 Å². The molecule has 0 bridgehead atoms. The summed E-state index contributed by atoms with van der Waals surface area (Å²) < 4.78 is 5.13. The number of aliphatic carboxylic acids is 1. The van der Waals surface area contributed by atoms with E-state index in [0.29, 0.717) is 6.42 Å². The van der Waals surface area contributed by atoms with Gasteiger partial charge in [0.05, 0.1) is 13.0 Å². The first-order chi connectivity index (χ1) is 9.02. The van der Waals surface area contributed by atoms with E-state index < -0.39 is 11.9 Å². The zero-order chi connectivity index (χ0) is 14.0. The lowest BCUT2D eigenvalue weighted by Gasteiger charge is -2.31. The Morgan fingerprint density at radius 3 is 2.79 bits per heavy atom. The number of anilines is 1. The van der Waals surface area contributed by atoms with Gasteiger partial charge in [-0.05, 0) is 37.1 Å². The van der Waals surface area contributed by atoms with E-state index in [2.05, 4.69) is 0 Å². The molecule has 2 rings (SSSR count). The van der Waals surface area contributed by atoms with E-state index in [9.17, 15) is 9.59 Å². The van der Waals surface area contributed by atoms with Crippen molar-refractivity contribution in [3.63, 3.8) is 0 Å². The quantitative estimate of drug-likeness (QED) is 0.903. The standard InChI is InChI=1S/C14H17NO4/c1-9-7-11(19-2)4-5-12(9)15-8-10(14(17)18)3-6-13(15)16/h4-5,7,10H,3,6,8H2,1-2H3,(H,17,18). The van der Waals surface area contributed by atoms with Crippen molar-refractivity contribution < 1.29 is 19.4 Å². The molecule has 5 heteroatoms. The number of hydrogen-bond donors (Lipinski definition) is 1. The molecule has 1 fully saturated rings. The third-order valence-electron chi connectivity index (χ3n) is 3.45. The fourth-order valence-electron chi connectivity index (χ4n) is 2.34. The van der Waals surface area contributed by atoms with Gasteiger partial charge in [0, 0.05) is 18.7 Å². The summed E-state index contributed by atoms with van der Waals surface area (Å²) in [5, 5.41) is 9.08. The number of benzene rings is 1. The first-order valence-electron chi connectivity index (χ1n) is 6.20. The van der Waals surface area contributed by atoms with Crippen molar-refractivity contribution in [3.8, 4) is 5.75 Å². The molecule has 1 unspecified atom stereocenters. The first-order valence-corrected chi connectivity index (χ1v) is 6.20. The molecule has 1 aromatic carbocycles. The summed E-state index contributed by atoms with van der Waals surface area (Å²) in [4.78, 5) is 24.6. The SMILES string of the molecule is COc1ccc(N2CC(C(=O)O)CCC2=O)c(C)c1. The van der Waals surface area contributed by atoms with E-state index in [1.165, 1.54) is 0 Å². The average molecular weight is 263 g/mol. The Hall–Kier alpha value is -2.04. The van der Waals surface area contributed by atoms with Gasteiger partial charge in [0.25, 0.3) is 0 Å². The largest absolute Gasteiger partial charge is 0.497 e. The molecule has 0 radical (unpaired) electrons. The lowest BCUT2D eigenvalue weighted by atomic mass is 9.96. The van der Waals surface area contributed by atoms with Crippen LogP contribution < -0.4 is 9.64 Å². The highest BCUT2D eigenvalue weighted by Gasteiger charge is 2.31. The van der Waals surface area contributed by atoms with Crippen molar-refractivity contribution in [1.29, 1.82) is 0 Å². The van der Waals surface area contributed by atoms with Gasteiger partial charge in [-0.3, -0.25) is 9.59 Å². The number of hydrogen-bond acceptors (Lipinski definition) is 3. The molecule has 1 aliphatic rings. The Labute approximate surface area is 111 Å². The predicted molar refractivity (Wildman–Crippen MR) is 70.4 cm³/mol. The molecule has 0 aliphatic carbocycles. The molecule has 0 saturated carbocycles. The molecule has 1 amide bonds. The maximum Gasteiger partial charge on any atom is 0.308 e. The Bertz CT molecular complexity index is 512. The Kier molecular flexibility index (Phi) is 3.74. The van der Waals surface area contributed by atoms with Crippen molar-refractivity contribution in [2.45, 2.75) is 19.8 Å². The fourth-order valence-corrected chi connectivity index (χ4v) is 2.34. The second kappa shape index (κ2) is 5.30. The number of methoxy groups -OCH3 is 1. The van der Waals surface area contributed by atoms with Gasteiger partial charge in [-0.25, -0.2) is 0 Å². The van der Waals surface area contributed by atoms with E-state index >= 15 is 0 Å². The molecule has 0 spiro atoms. The molecular weight excluding hydrogens is 246 g/mol. The van der Waals surface area contributed by atoms with Crippen molar-refractivity contribution in [3.05, 3.63) is 23.8 Å². The molecule has 1 saturated heterocycles. The number of amides is 1. The maximum absolute atomic E-state index is 12.0. The summed E-state index contributed by atoms with van der Waals surface area (Å²) in [7, 11) is 1.58. The van der Waals surface area contributed by atoms with Crippen LogP contribution in [0.15, 0.2) is 18.2 Å². The van der Waals surface area contributed by atoms with Crippen LogP contribution in [0.25, 0.3) is 0 Å². The summed E-state index contributed by atoms with van der Waals surface area (Å²) in [6.45, 7) is 2.12. The van der Waals surface area contributed by atoms with Gasteiger partial charge in [0.1, 0.15) is 5.75 Å². The minimum absolute atomic E-state index is 0.0224. The molecule has 1 aliphatic heterocycles. The number of carbonyl (C=O) groups is 2. The zero-order valence-corrected chi connectivity index (χ0v) is 11.0. The topological polar surface area (TPSA) is 66.8 Å². The number of piperidine rings is 1. The summed E-state index contributed by atoms with van der Waals surface area (Å²) in [5.41, 5.74) is 1.66.